The lowest BCUT2D eigenvalue weighted by Crippen LogP contribution is -2.15. The van der Waals surface area contributed by atoms with Gasteiger partial charge < -0.3 is 0 Å². The van der Waals surface area contributed by atoms with E-state index in [-0.39, 0.29) is 0 Å². The molecule has 0 fully saturated rings. The number of benzene rings is 4. The maximum Gasteiger partial charge on any atom is 0.0276 e. The van der Waals surface area contributed by atoms with Gasteiger partial charge in [-0.2, -0.15) is 35.3 Å². The maximum absolute atomic E-state index is 2.26. The van der Waals surface area contributed by atoms with E-state index in [0.717, 1.165) is 12.8 Å². The smallest absolute Gasteiger partial charge is 0.0276 e. The van der Waals surface area contributed by atoms with Gasteiger partial charge >= 0.3 is 0 Å². The summed E-state index contributed by atoms with van der Waals surface area (Å²) in [5.41, 5.74) is 2.88. The minimum Gasteiger partial charge on any atom is -0.160 e. The van der Waals surface area contributed by atoms with Crippen LogP contribution in [0.5, 0.6) is 0 Å². The van der Waals surface area contributed by atoms with E-state index in [0.29, 0.717) is 10.5 Å². The number of thioether (sulfide) groups is 5. The number of hydrogen-bond donors (Lipinski definition) is 0. The molecule has 4 aromatic rings. The van der Waals surface area contributed by atoms with E-state index < -0.39 is 0 Å². The Balaban J connectivity index is 1.26. The van der Waals surface area contributed by atoms with Crippen molar-refractivity contribution in [2.45, 2.75) is 33.1 Å². The molecular weight excluding hydrogens is 569 g/mol. The highest BCUT2D eigenvalue weighted by Crippen LogP contribution is 2.32. The largest absolute Gasteiger partial charge is 0.160 e. The van der Waals surface area contributed by atoms with Gasteiger partial charge in [-0.3, -0.25) is 0 Å². The molecule has 0 aliphatic rings. The fraction of sp³-hybridized carbons (Fsp3) is 0.294. The Morgan fingerprint density at radius 2 is 0.718 bits per heavy atom. The molecule has 2 atom stereocenters. The molecule has 0 radical (unpaired) electrons. The van der Waals surface area contributed by atoms with Crippen LogP contribution in [-0.2, 0) is 12.8 Å². The molecule has 0 saturated heterocycles. The van der Waals surface area contributed by atoms with Crippen molar-refractivity contribution in [2.75, 3.05) is 34.5 Å². The van der Waals surface area contributed by atoms with Crippen molar-refractivity contribution >= 4 is 58.8 Å². The molecule has 0 aliphatic carbocycles. The summed E-state index contributed by atoms with van der Waals surface area (Å²) in [5.74, 6) is 7.15. The van der Waals surface area contributed by atoms with E-state index in [1.54, 1.807) is 0 Å². The quantitative estimate of drug-likeness (QED) is 0.0814. The van der Waals surface area contributed by atoms with Crippen LogP contribution in [0.3, 0.4) is 0 Å². The predicted octanol–water partition coefficient (Wildman–Crippen LogP) is 9.99. The second kappa shape index (κ2) is 18.9. The molecule has 0 saturated carbocycles. The van der Waals surface area contributed by atoms with Gasteiger partial charge in [0.2, 0.25) is 0 Å². The third kappa shape index (κ3) is 12.8. The topological polar surface area (TPSA) is 0 Å². The van der Waals surface area contributed by atoms with Crippen molar-refractivity contribution in [1.82, 2.24) is 0 Å². The summed E-state index contributed by atoms with van der Waals surface area (Å²) in [6, 6.07) is 43.7. The molecule has 0 N–H and O–H groups in total. The Morgan fingerprint density at radius 1 is 0.385 bits per heavy atom. The zero-order valence-corrected chi connectivity index (χ0v) is 26.5. The molecule has 4 rings (SSSR count). The molecule has 0 aliphatic heterocycles. The van der Waals surface area contributed by atoms with Crippen LogP contribution in [0.1, 0.15) is 11.1 Å². The second-order valence-electron chi connectivity index (χ2n) is 9.26. The van der Waals surface area contributed by atoms with Crippen LogP contribution in [0.25, 0.3) is 0 Å². The lowest BCUT2D eigenvalue weighted by Gasteiger charge is -2.20. The van der Waals surface area contributed by atoms with Gasteiger partial charge in [0.25, 0.3) is 0 Å². The Bertz CT molecular complexity index is 1050. The van der Waals surface area contributed by atoms with E-state index in [1.807, 2.05) is 0 Å². The van der Waals surface area contributed by atoms with Gasteiger partial charge in [0, 0.05) is 43.3 Å². The van der Waals surface area contributed by atoms with Crippen molar-refractivity contribution in [3.63, 3.8) is 0 Å². The number of aryl methyl sites for hydroxylation is 2. The van der Waals surface area contributed by atoms with Crippen LogP contribution in [-0.4, -0.2) is 45.0 Å². The first-order chi connectivity index (χ1) is 19.3. The SMILES string of the molecule is c1ccc(CCSCC(CSCC(CSCCc2ccccc2)Sc2ccccc2)Sc2ccccc2)cc1. The zero-order valence-electron chi connectivity index (χ0n) is 22.4. The van der Waals surface area contributed by atoms with Crippen molar-refractivity contribution in [3.8, 4) is 0 Å². The predicted molar refractivity (Wildman–Crippen MR) is 184 cm³/mol. The molecule has 0 bridgehead atoms. The molecular formula is C34H38S5. The molecule has 0 spiro atoms. The van der Waals surface area contributed by atoms with E-state index in [4.69, 9.17) is 0 Å². The highest BCUT2D eigenvalue weighted by atomic mass is 32.2. The maximum atomic E-state index is 2.26. The number of rotatable bonds is 18. The average Bonchev–Trinajstić information content (AvgIpc) is 2.99. The van der Waals surface area contributed by atoms with Crippen LogP contribution >= 0.6 is 58.8 Å². The van der Waals surface area contributed by atoms with Crippen LogP contribution in [0.15, 0.2) is 131 Å². The van der Waals surface area contributed by atoms with Gasteiger partial charge in [-0.25, -0.2) is 0 Å². The van der Waals surface area contributed by atoms with Gasteiger partial charge in [0.15, 0.2) is 0 Å². The minimum absolute atomic E-state index is 0.617. The fourth-order valence-electron chi connectivity index (χ4n) is 4.05. The van der Waals surface area contributed by atoms with Gasteiger partial charge in [-0.05, 0) is 59.7 Å². The first kappa shape index (κ1) is 30.6. The molecule has 0 amide bonds. The molecule has 39 heavy (non-hydrogen) atoms. The molecule has 0 nitrogen and oxygen atoms in total. The Labute approximate surface area is 257 Å². The lowest BCUT2D eigenvalue weighted by molar-refractivity contribution is 1.10. The molecule has 0 aromatic heterocycles. The molecule has 4 aromatic carbocycles. The summed E-state index contributed by atoms with van der Waals surface area (Å²) in [6.45, 7) is 0. The van der Waals surface area contributed by atoms with Crippen LogP contribution < -0.4 is 0 Å². The molecule has 5 heteroatoms. The van der Waals surface area contributed by atoms with Crippen molar-refractivity contribution < 1.29 is 0 Å². The van der Waals surface area contributed by atoms with E-state index in [9.17, 15) is 0 Å². The second-order valence-corrected chi connectivity index (χ2v) is 15.4. The highest BCUT2D eigenvalue weighted by molar-refractivity contribution is 8.06. The molecule has 0 heterocycles. The fourth-order valence-corrected chi connectivity index (χ4v) is 10.7. The zero-order chi connectivity index (χ0) is 26.8. The average molecular weight is 607 g/mol. The first-order valence-electron chi connectivity index (χ1n) is 13.6. The van der Waals surface area contributed by atoms with Gasteiger partial charge in [-0.15, -0.1) is 23.5 Å². The van der Waals surface area contributed by atoms with Gasteiger partial charge in [0.05, 0.1) is 0 Å². The highest BCUT2D eigenvalue weighted by Gasteiger charge is 2.16. The summed E-state index contributed by atoms with van der Waals surface area (Å²) in [6.07, 6.45) is 2.30. The van der Waals surface area contributed by atoms with Crippen LogP contribution in [0, 0.1) is 0 Å². The molecule has 2 unspecified atom stereocenters. The summed E-state index contributed by atoms with van der Waals surface area (Å²) >= 11 is 10.5. The Hall–Kier alpha value is -1.37. The van der Waals surface area contributed by atoms with Crippen LogP contribution in [0.2, 0.25) is 0 Å². The van der Waals surface area contributed by atoms with E-state index in [2.05, 4.69) is 180 Å². The van der Waals surface area contributed by atoms with E-state index >= 15 is 0 Å². The summed E-state index contributed by atoms with van der Waals surface area (Å²) in [7, 11) is 0. The van der Waals surface area contributed by atoms with E-state index in [1.165, 1.54) is 55.4 Å². The summed E-state index contributed by atoms with van der Waals surface area (Å²) in [4.78, 5) is 2.77. The molecule has 204 valence electrons. The Morgan fingerprint density at radius 3 is 1.10 bits per heavy atom. The Kier molecular flexibility index (Phi) is 14.8. The third-order valence-electron chi connectivity index (χ3n) is 6.06. The summed E-state index contributed by atoms with van der Waals surface area (Å²) < 4.78 is 0. The summed E-state index contributed by atoms with van der Waals surface area (Å²) in [5, 5.41) is 1.23. The van der Waals surface area contributed by atoms with Crippen LogP contribution in [0.4, 0.5) is 0 Å². The van der Waals surface area contributed by atoms with Gasteiger partial charge in [0.1, 0.15) is 0 Å². The van der Waals surface area contributed by atoms with Gasteiger partial charge in [-0.1, -0.05) is 97.1 Å². The van der Waals surface area contributed by atoms with Crippen molar-refractivity contribution in [3.05, 3.63) is 132 Å². The lowest BCUT2D eigenvalue weighted by atomic mass is 10.2. The first-order valence-corrected chi connectivity index (χ1v) is 18.8. The standard InChI is InChI=1S/C34H38S5/c1-5-13-29(14-6-1)21-23-35-25-33(38-31-17-9-3-10-18-31)27-37-28-34(39-32-19-11-4-12-20-32)26-36-24-22-30-15-7-2-8-16-30/h1-20,33-34H,21-28H2. The monoisotopic (exact) mass is 606 g/mol. The minimum atomic E-state index is 0.617. The van der Waals surface area contributed by atoms with Crippen molar-refractivity contribution in [1.29, 1.82) is 0 Å². The van der Waals surface area contributed by atoms with Crippen molar-refractivity contribution in [2.24, 2.45) is 0 Å². The number of hydrogen-bond acceptors (Lipinski definition) is 5. The third-order valence-corrected chi connectivity index (χ3v) is 12.9. The normalized spacial score (nSPS) is 12.7.